The van der Waals surface area contributed by atoms with E-state index in [-0.39, 0.29) is 11.9 Å². The van der Waals surface area contributed by atoms with Crippen molar-refractivity contribution < 1.29 is 9.53 Å². The van der Waals surface area contributed by atoms with Crippen LogP contribution in [0.3, 0.4) is 0 Å². The number of ether oxygens (including phenoxy) is 1. The maximum absolute atomic E-state index is 13.4. The molecule has 1 amide bonds. The lowest BCUT2D eigenvalue weighted by atomic mass is 9.82. The molecule has 4 aliphatic rings. The highest BCUT2D eigenvalue weighted by molar-refractivity contribution is 6.08. The second-order valence-corrected chi connectivity index (χ2v) is 9.57. The molecule has 5 heteroatoms. The lowest BCUT2D eigenvalue weighted by Crippen LogP contribution is -2.61. The Morgan fingerprint density at radius 3 is 2.66 bits per heavy atom. The maximum atomic E-state index is 13.4. The number of morpholine rings is 1. The van der Waals surface area contributed by atoms with E-state index in [2.05, 4.69) is 39.0 Å². The first-order valence-electron chi connectivity index (χ1n) is 11.5. The van der Waals surface area contributed by atoms with E-state index in [1.165, 1.54) is 37.0 Å². The van der Waals surface area contributed by atoms with Crippen LogP contribution in [0.5, 0.6) is 0 Å². The van der Waals surface area contributed by atoms with E-state index in [1.54, 1.807) is 0 Å². The van der Waals surface area contributed by atoms with Crippen molar-refractivity contribution in [3.8, 4) is 0 Å². The predicted octanol–water partition coefficient (Wildman–Crippen LogP) is 3.35. The van der Waals surface area contributed by atoms with E-state index in [1.807, 2.05) is 0 Å². The van der Waals surface area contributed by atoms with Gasteiger partial charge < -0.3 is 14.6 Å². The van der Waals surface area contributed by atoms with Crippen molar-refractivity contribution in [3.63, 3.8) is 0 Å². The first kappa shape index (κ1) is 18.0. The summed E-state index contributed by atoms with van der Waals surface area (Å²) in [4.78, 5) is 16.1. The number of nitrogens with zero attached hydrogens (tertiary/aromatic N) is 2. The molecule has 1 N–H and O–H groups in total. The molecule has 29 heavy (non-hydrogen) atoms. The second kappa shape index (κ2) is 7.13. The van der Waals surface area contributed by atoms with E-state index in [4.69, 9.17) is 4.74 Å². The first-order chi connectivity index (χ1) is 14.3. The fraction of sp³-hybridized carbons (Fsp3) is 0.625. The van der Waals surface area contributed by atoms with Crippen LogP contribution in [-0.2, 0) is 17.7 Å². The molecule has 3 aliphatic heterocycles. The number of carbonyl (C=O) groups is 1. The number of benzene rings is 1. The normalized spacial score (nSPS) is 29.6. The lowest BCUT2D eigenvalue weighted by Gasteiger charge is -2.50. The van der Waals surface area contributed by atoms with Gasteiger partial charge in [0.15, 0.2) is 0 Å². The number of amides is 1. The Morgan fingerprint density at radius 2 is 1.90 bits per heavy atom. The highest BCUT2D eigenvalue weighted by Gasteiger charge is 2.41. The Hall–Kier alpha value is -1.85. The Labute approximate surface area is 172 Å². The number of piperidine rings is 1. The van der Waals surface area contributed by atoms with Crippen LogP contribution < -0.4 is 5.32 Å². The Kier molecular flexibility index (Phi) is 4.42. The van der Waals surface area contributed by atoms with Gasteiger partial charge in [0.2, 0.25) is 0 Å². The molecule has 1 aliphatic carbocycles. The molecule has 2 saturated heterocycles. The van der Waals surface area contributed by atoms with Gasteiger partial charge in [-0.3, -0.25) is 9.69 Å². The van der Waals surface area contributed by atoms with Gasteiger partial charge in [0.1, 0.15) is 0 Å². The molecule has 2 unspecified atom stereocenters. The van der Waals surface area contributed by atoms with Crippen molar-refractivity contribution >= 4 is 16.8 Å². The number of hydrogen-bond acceptors (Lipinski definition) is 3. The van der Waals surface area contributed by atoms with E-state index < -0.39 is 0 Å². The van der Waals surface area contributed by atoms with E-state index >= 15 is 0 Å². The van der Waals surface area contributed by atoms with Crippen LogP contribution in [0, 0.1) is 5.92 Å². The standard InChI is InChI=1S/C24H31N3O2/c28-24(23-20-7-1-2-8-21(20)26-10-4-9-22(23)26)25-17-11-18-14-29-15-19(12-17)27(18)13-16-5-3-6-16/h1-2,7-8,16-19H,3-6,9-15H2,(H,25,28). The number of fused-ring (bicyclic) bond motifs is 5. The summed E-state index contributed by atoms with van der Waals surface area (Å²) in [7, 11) is 0. The second-order valence-electron chi connectivity index (χ2n) is 9.57. The number of nitrogens with one attached hydrogen (secondary N) is 1. The average molecular weight is 394 g/mol. The lowest BCUT2D eigenvalue weighted by molar-refractivity contribution is -0.0894. The SMILES string of the molecule is O=C(NC1CC2COCC(C1)N2CC1CCC1)c1c2n(c3ccccc13)CCC2. The maximum Gasteiger partial charge on any atom is 0.253 e. The third-order valence-electron chi connectivity index (χ3n) is 7.80. The van der Waals surface area contributed by atoms with Gasteiger partial charge in [0, 0.05) is 47.8 Å². The Bertz CT molecular complexity index is 918. The quantitative estimate of drug-likeness (QED) is 0.867. The molecule has 1 saturated carbocycles. The molecule has 3 fully saturated rings. The van der Waals surface area contributed by atoms with E-state index in [0.29, 0.717) is 12.1 Å². The monoisotopic (exact) mass is 393 g/mol. The molecule has 0 spiro atoms. The number of hydrogen-bond donors (Lipinski definition) is 1. The van der Waals surface area contributed by atoms with Crippen molar-refractivity contribution in [2.75, 3.05) is 19.8 Å². The molecular formula is C24H31N3O2. The number of para-hydroxylation sites is 1. The summed E-state index contributed by atoms with van der Waals surface area (Å²) in [5.74, 6) is 1.02. The molecule has 5 nitrogen and oxygen atoms in total. The van der Waals surface area contributed by atoms with E-state index in [0.717, 1.165) is 62.3 Å². The number of aryl methyl sites for hydroxylation is 1. The third kappa shape index (κ3) is 3.01. The molecule has 1 aromatic carbocycles. The smallest absolute Gasteiger partial charge is 0.253 e. The van der Waals surface area contributed by atoms with Crippen LogP contribution in [0.25, 0.3) is 10.9 Å². The molecule has 154 valence electrons. The minimum atomic E-state index is 0.133. The van der Waals surface area contributed by atoms with Gasteiger partial charge in [-0.2, -0.15) is 0 Å². The largest absolute Gasteiger partial charge is 0.378 e. The summed E-state index contributed by atoms with van der Waals surface area (Å²) in [6.07, 6.45) is 8.37. The summed E-state index contributed by atoms with van der Waals surface area (Å²) < 4.78 is 8.24. The fourth-order valence-corrected chi connectivity index (χ4v) is 6.17. The van der Waals surface area contributed by atoms with E-state index in [9.17, 15) is 4.79 Å². The molecule has 0 radical (unpaired) electrons. The van der Waals surface area contributed by atoms with Gasteiger partial charge in [-0.15, -0.1) is 0 Å². The Balaban J connectivity index is 1.21. The van der Waals surface area contributed by atoms with Crippen LogP contribution in [0.2, 0.25) is 0 Å². The molecule has 1 aromatic heterocycles. The molecule has 2 atom stereocenters. The van der Waals surface area contributed by atoms with Gasteiger partial charge in [0.05, 0.1) is 18.8 Å². The highest BCUT2D eigenvalue weighted by Crippen LogP contribution is 2.35. The van der Waals surface area contributed by atoms with Crippen molar-refractivity contribution in [1.29, 1.82) is 0 Å². The van der Waals surface area contributed by atoms with Gasteiger partial charge >= 0.3 is 0 Å². The van der Waals surface area contributed by atoms with Crippen molar-refractivity contribution in [2.24, 2.45) is 5.92 Å². The average Bonchev–Trinajstić information content (AvgIpc) is 3.25. The highest BCUT2D eigenvalue weighted by atomic mass is 16.5. The number of rotatable bonds is 4. The minimum Gasteiger partial charge on any atom is -0.378 e. The summed E-state index contributed by atoms with van der Waals surface area (Å²) in [6.45, 7) is 3.90. The molecular weight excluding hydrogens is 362 g/mol. The summed E-state index contributed by atoms with van der Waals surface area (Å²) in [6, 6.07) is 9.58. The molecule has 4 heterocycles. The van der Waals surface area contributed by atoms with Gasteiger partial charge in [-0.25, -0.2) is 0 Å². The molecule has 2 aromatic rings. The molecule has 2 bridgehead atoms. The topological polar surface area (TPSA) is 46.5 Å². The zero-order valence-corrected chi connectivity index (χ0v) is 17.1. The summed E-state index contributed by atoms with van der Waals surface area (Å²) in [5.41, 5.74) is 3.37. The van der Waals surface area contributed by atoms with Gasteiger partial charge in [0.25, 0.3) is 5.91 Å². The Morgan fingerprint density at radius 1 is 1.10 bits per heavy atom. The zero-order valence-electron chi connectivity index (χ0n) is 17.1. The van der Waals surface area contributed by atoms with Gasteiger partial charge in [-0.1, -0.05) is 24.6 Å². The first-order valence-corrected chi connectivity index (χ1v) is 11.5. The third-order valence-corrected chi connectivity index (χ3v) is 7.80. The van der Waals surface area contributed by atoms with Crippen molar-refractivity contribution in [3.05, 3.63) is 35.5 Å². The summed E-state index contributed by atoms with van der Waals surface area (Å²) in [5, 5.41) is 4.56. The van der Waals surface area contributed by atoms with Crippen LogP contribution >= 0.6 is 0 Å². The summed E-state index contributed by atoms with van der Waals surface area (Å²) >= 11 is 0. The van der Waals surface area contributed by atoms with Crippen molar-refractivity contribution in [2.45, 2.75) is 69.6 Å². The van der Waals surface area contributed by atoms with Crippen LogP contribution in [0.15, 0.2) is 24.3 Å². The predicted molar refractivity (Wildman–Crippen MR) is 113 cm³/mol. The zero-order chi connectivity index (χ0) is 19.4. The number of carbonyl (C=O) groups excluding carboxylic acids is 1. The molecule has 6 rings (SSSR count). The van der Waals surface area contributed by atoms with Crippen LogP contribution in [-0.4, -0.2) is 53.3 Å². The van der Waals surface area contributed by atoms with Gasteiger partial charge in [-0.05, 0) is 50.5 Å². The van der Waals surface area contributed by atoms with Crippen LogP contribution in [0.4, 0.5) is 0 Å². The van der Waals surface area contributed by atoms with Crippen molar-refractivity contribution in [1.82, 2.24) is 14.8 Å². The van der Waals surface area contributed by atoms with Crippen LogP contribution in [0.1, 0.15) is 54.6 Å². The number of aromatic nitrogens is 1. The fourth-order valence-electron chi connectivity index (χ4n) is 6.17. The minimum absolute atomic E-state index is 0.133.